The first kappa shape index (κ1) is 22.9. The minimum atomic E-state index is -4.49. The van der Waals surface area contributed by atoms with E-state index in [0.29, 0.717) is 22.8 Å². The van der Waals surface area contributed by atoms with Crippen molar-refractivity contribution in [1.29, 1.82) is 0 Å². The average molecular weight is 481 g/mol. The Labute approximate surface area is 186 Å². The van der Waals surface area contributed by atoms with Crippen LogP contribution in [0.25, 0.3) is 10.9 Å². The topological polar surface area (TPSA) is 110 Å². The van der Waals surface area contributed by atoms with E-state index in [1.165, 1.54) is 17.0 Å². The predicted molar refractivity (Wildman–Crippen MR) is 112 cm³/mol. The van der Waals surface area contributed by atoms with Crippen LogP contribution in [0.15, 0.2) is 48.7 Å². The summed E-state index contributed by atoms with van der Waals surface area (Å²) in [4.78, 5) is 22.0. The lowest BCUT2D eigenvalue weighted by atomic mass is 10.2. The summed E-state index contributed by atoms with van der Waals surface area (Å²) < 4.78 is 67.0. The lowest BCUT2D eigenvalue weighted by Gasteiger charge is -2.15. The first-order valence-corrected chi connectivity index (χ1v) is 11.7. The molecule has 0 radical (unpaired) electrons. The second-order valence-electron chi connectivity index (χ2n) is 7.68. The highest BCUT2D eigenvalue weighted by molar-refractivity contribution is 7.91. The van der Waals surface area contributed by atoms with E-state index in [1.54, 1.807) is 18.2 Å². The summed E-state index contributed by atoms with van der Waals surface area (Å²) in [6.07, 6.45) is -3.96. The number of ether oxygens (including phenoxy) is 1. The number of benzene rings is 1. The number of likely N-dealkylation sites (tertiary alicyclic amines) is 1. The molecular weight excluding hydrogens is 463 g/mol. The van der Waals surface area contributed by atoms with Crippen LogP contribution in [-0.2, 0) is 16.0 Å². The van der Waals surface area contributed by atoms with E-state index in [2.05, 4.69) is 9.97 Å². The van der Waals surface area contributed by atoms with Gasteiger partial charge in [0.05, 0.1) is 17.2 Å². The van der Waals surface area contributed by atoms with E-state index < -0.39 is 38.8 Å². The highest BCUT2D eigenvalue weighted by Crippen LogP contribution is 2.30. The largest absolute Gasteiger partial charge is 0.439 e. The standard InChI is InChI=1S/C21H18F3N3O5S/c1-33(30,31)18-11-27(10-17(18)28)20(29)16-5-2-12-8-14(4-6-15(12)26-16)32-19-7-3-13(9-25-19)21(22,23)24/h2-9,17-18,28H,10-11H2,1H3. The van der Waals surface area contributed by atoms with Crippen molar-refractivity contribution in [2.75, 3.05) is 19.3 Å². The number of fused-ring (bicyclic) bond motifs is 1. The van der Waals surface area contributed by atoms with E-state index in [9.17, 15) is 31.5 Å². The Bertz CT molecular complexity index is 1310. The highest BCUT2D eigenvalue weighted by atomic mass is 32.2. The van der Waals surface area contributed by atoms with Crippen LogP contribution in [0.1, 0.15) is 16.1 Å². The zero-order valence-electron chi connectivity index (χ0n) is 17.2. The number of hydrogen-bond donors (Lipinski definition) is 1. The van der Waals surface area contributed by atoms with E-state index in [1.807, 2.05) is 0 Å². The number of aromatic nitrogens is 2. The SMILES string of the molecule is CS(=O)(=O)C1CN(C(=O)c2ccc3cc(Oc4ccc(C(F)(F)F)cn4)ccc3n2)CC1O. The summed E-state index contributed by atoms with van der Waals surface area (Å²) in [5.41, 5.74) is -0.349. The molecule has 0 bridgehead atoms. The van der Waals surface area contributed by atoms with Gasteiger partial charge in [0.15, 0.2) is 9.84 Å². The van der Waals surface area contributed by atoms with Gasteiger partial charge in [0.1, 0.15) is 16.7 Å². The van der Waals surface area contributed by atoms with Crippen molar-refractivity contribution in [2.45, 2.75) is 17.5 Å². The number of rotatable bonds is 4. The van der Waals surface area contributed by atoms with Gasteiger partial charge < -0.3 is 14.7 Å². The molecule has 0 aliphatic carbocycles. The molecular formula is C21H18F3N3O5S. The molecule has 1 N–H and O–H groups in total. The van der Waals surface area contributed by atoms with E-state index in [4.69, 9.17) is 4.74 Å². The second-order valence-corrected chi connectivity index (χ2v) is 9.95. The van der Waals surface area contributed by atoms with E-state index in [0.717, 1.165) is 18.4 Å². The van der Waals surface area contributed by atoms with Gasteiger partial charge in [-0.3, -0.25) is 4.79 Å². The van der Waals surface area contributed by atoms with Crippen LogP contribution in [0, 0.1) is 0 Å². The molecule has 3 aromatic rings. The summed E-state index contributed by atoms with van der Waals surface area (Å²) in [7, 11) is -3.51. The molecule has 2 unspecified atom stereocenters. The van der Waals surface area contributed by atoms with Crippen LogP contribution in [0.3, 0.4) is 0 Å². The van der Waals surface area contributed by atoms with Crippen molar-refractivity contribution in [2.24, 2.45) is 0 Å². The number of β-amino-alcohol motifs (C(OH)–C–C–N with tert-alkyl or cyclic N) is 1. The molecule has 1 amide bonds. The molecule has 0 saturated carbocycles. The average Bonchev–Trinajstić information content (AvgIpc) is 3.15. The van der Waals surface area contributed by atoms with Crippen LogP contribution in [0.5, 0.6) is 11.6 Å². The Kier molecular flexibility index (Phi) is 5.74. The van der Waals surface area contributed by atoms with Crippen LogP contribution >= 0.6 is 0 Å². The maximum Gasteiger partial charge on any atom is 0.417 e. The predicted octanol–water partition coefficient (Wildman–Crippen LogP) is 2.67. The van der Waals surface area contributed by atoms with Crippen molar-refractivity contribution >= 4 is 26.6 Å². The normalized spacial score (nSPS) is 19.1. The molecule has 1 fully saturated rings. The number of aliphatic hydroxyl groups excluding tert-OH is 1. The summed E-state index contributed by atoms with van der Waals surface area (Å²) in [6.45, 7) is -0.228. The number of pyridine rings is 2. The van der Waals surface area contributed by atoms with Gasteiger partial charge >= 0.3 is 6.18 Å². The number of alkyl halides is 3. The molecule has 2 atom stereocenters. The van der Waals surface area contributed by atoms with Gasteiger partial charge in [0.25, 0.3) is 5.91 Å². The number of aliphatic hydroxyl groups is 1. The number of halogens is 3. The number of sulfone groups is 1. The van der Waals surface area contributed by atoms with Gasteiger partial charge in [-0.2, -0.15) is 13.2 Å². The summed E-state index contributed by atoms with van der Waals surface area (Å²) in [6, 6.07) is 9.75. The molecule has 1 aliphatic heterocycles. The van der Waals surface area contributed by atoms with Gasteiger partial charge in [-0.25, -0.2) is 18.4 Å². The Morgan fingerprint density at radius 1 is 1.15 bits per heavy atom. The Hall–Kier alpha value is -3.25. The fourth-order valence-electron chi connectivity index (χ4n) is 3.52. The van der Waals surface area contributed by atoms with Gasteiger partial charge in [0.2, 0.25) is 5.88 Å². The third kappa shape index (κ3) is 4.91. The fraction of sp³-hybridized carbons (Fsp3) is 0.286. The van der Waals surface area contributed by atoms with Gasteiger partial charge in [-0.1, -0.05) is 6.07 Å². The molecule has 1 aromatic carbocycles. The lowest BCUT2D eigenvalue weighted by molar-refractivity contribution is -0.137. The Balaban J connectivity index is 1.51. The summed E-state index contributed by atoms with van der Waals surface area (Å²) in [5.74, 6) is -0.208. The molecule has 174 valence electrons. The van der Waals surface area contributed by atoms with Crippen molar-refractivity contribution in [3.8, 4) is 11.6 Å². The molecule has 8 nitrogen and oxygen atoms in total. The minimum absolute atomic E-state index is 0.0184. The van der Waals surface area contributed by atoms with Crippen molar-refractivity contribution in [1.82, 2.24) is 14.9 Å². The summed E-state index contributed by atoms with van der Waals surface area (Å²) >= 11 is 0. The number of carbonyl (C=O) groups is 1. The second kappa shape index (κ2) is 8.27. The van der Waals surface area contributed by atoms with Gasteiger partial charge in [-0.05, 0) is 30.3 Å². The Morgan fingerprint density at radius 2 is 1.91 bits per heavy atom. The Morgan fingerprint density at radius 3 is 2.52 bits per heavy atom. The zero-order chi connectivity index (χ0) is 24.0. The van der Waals surface area contributed by atoms with Crippen molar-refractivity contribution in [3.05, 3.63) is 59.9 Å². The molecule has 1 saturated heterocycles. The highest BCUT2D eigenvalue weighted by Gasteiger charge is 2.40. The van der Waals surface area contributed by atoms with Gasteiger partial charge in [-0.15, -0.1) is 0 Å². The first-order valence-electron chi connectivity index (χ1n) is 9.70. The lowest BCUT2D eigenvalue weighted by Crippen LogP contribution is -2.33. The molecule has 2 aromatic heterocycles. The number of carbonyl (C=O) groups excluding carboxylic acids is 1. The quantitative estimate of drug-likeness (QED) is 0.610. The molecule has 1 aliphatic rings. The van der Waals surface area contributed by atoms with Gasteiger partial charge in [0, 0.05) is 37.0 Å². The molecule has 12 heteroatoms. The third-order valence-corrected chi connectivity index (χ3v) is 6.80. The summed E-state index contributed by atoms with van der Waals surface area (Å²) in [5, 5.41) is 9.56. The molecule has 3 heterocycles. The number of hydrogen-bond acceptors (Lipinski definition) is 7. The molecule has 4 rings (SSSR count). The third-order valence-electron chi connectivity index (χ3n) is 5.24. The molecule has 0 spiro atoms. The first-order chi connectivity index (χ1) is 15.4. The fourth-order valence-corrected chi connectivity index (χ4v) is 4.63. The van der Waals surface area contributed by atoms with Crippen molar-refractivity contribution in [3.63, 3.8) is 0 Å². The van der Waals surface area contributed by atoms with Crippen LogP contribution in [0.4, 0.5) is 13.2 Å². The van der Waals surface area contributed by atoms with Crippen LogP contribution < -0.4 is 4.74 Å². The monoisotopic (exact) mass is 481 g/mol. The molecule has 33 heavy (non-hydrogen) atoms. The number of nitrogens with zero attached hydrogens (tertiary/aromatic N) is 3. The minimum Gasteiger partial charge on any atom is -0.439 e. The number of amides is 1. The van der Waals surface area contributed by atoms with Crippen LogP contribution in [0.2, 0.25) is 0 Å². The maximum atomic E-state index is 12.8. The van der Waals surface area contributed by atoms with Crippen molar-refractivity contribution < 1.29 is 36.2 Å². The maximum absolute atomic E-state index is 12.8. The smallest absolute Gasteiger partial charge is 0.417 e. The van der Waals surface area contributed by atoms with E-state index in [-0.39, 0.29) is 24.7 Å². The van der Waals surface area contributed by atoms with E-state index >= 15 is 0 Å². The zero-order valence-corrected chi connectivity index (χ0v) is 18.0. The van der Waals surface area contributed by atoms with Crippen LogP contribution in [-0.4, -0.2) is 65.0 Å².